The first kappa shape index (κ1) is 21.1. The summed E-state index contributed by atoms with van der Waals surface area (Å²) in [6, 6.07) is 27.4. The zero-order valence-corrected chi connectivity index (χ0v) is 18.1. The molecule has 0 atom stereocenters. The highest BCUT2D eigenvalue weighted by atomic mass is 19.4. The molecule has 0 N–H and O–H groups in total. The largest absolute Gasteiger partial charge is 0.416 e. The molecule has 2 amide bonds. The molecule has 35 heavy (non-hydrogen) atoms. The van der Waals surface area contributed by atoms with Crippen molar-refractivity contribution >= 4 is 39.0 Å². The molecule has 0 aliphatic carbocycles. The van der Waals surface area contributed by atoms with Gasteiger partial charge in [0, 0.05) is 0 Å². The van der Waals surface area contributed by atoms with Crippen molar-refractivity contribution in [2.45, 2.75) is 6.18 Å². The van der Waals surface area contributed by atoms with Crippen molar-refractivity contribution in [1.29, 1.82) is 0 Å². The van der Waals surface area contributed by atoms with Crippen LogP contribution in [0.15, 0.2) is 97.1 Å². The molecule has 5 aromatic rings. The fraction of sp³-hybridized carbons (Fsp3) is 0.0345. The van der Waals surface area contributed by atoms with Crippen molar-refractivity contribution in [3.05, 3.63) is 114 Å². The topological polar surface area (TPSA) is 37.4 Å². The number of carbonyl (C=O) groups is 2. The van der Waals surface area contributed by atoms with Gasteiger partial charge >= 0.3 is 6.18 Å². The summed E-state index contributed by atoms with van der Waals surface area (Å²) in [7, 11) is 0. The molecule has 0 unspecified atom stereocenters. The van der Waals surface area contributed by atoms with Crippen LogP contribution >= 0.6 is 0 Å². The molecule has 0 saturated heterocycles. The van der Waals surface area contributed by atoms with Crippen LogP contribution in [0.2, 0.25) is 0 Å². The Hall–Kier alpha value is -4.45. The van der Waals surface area contributed by atoms with Crippen LogP contribution in [0, 0.1) is 0 Å². The molecular weight excluding hydrogens is 451 g/mol. The van der Waals surface area contributed by atoms with Crippen LogP contribution in [0.5, 0.6) is 0 Å². The lowest BCUT2D eigenvalue weighted by Gasteiger charge is -2.15. The smallest absolute Gasteiger partial charge is 0.268 e. The molecule has 0 spiro atoms. The molecule has 0 aromatic heterocycles. The Morgan fingerprint density at radius 1 is 0.543 bits per heavy atom. The number of nitrogens with zero attached hydrogens (tertiary/aromatic N) is 1. The second-order valence-electron chi connectivity index (χ2n) is 8.51. The molecule has 1 aliphatic heterocycles. The number of benzene rings is 5. The SMILES string of the molecule is O=C1c2ccc(-c3ccc4cc5ccccc5cc4c3)cc2C(=O)N1c1ccc(C(F)(F)F)cc1. The van der Waals surface area contributed by atoms with E-state index in [9.17, 15) is 22.8 Å². The van der Waals surface area contributed by atoms with Gasteiger partial charge in [-0.25, -0.2) is 4.90 Å². The summed E-state index contributed by atoms with van der Waals surface area (Å²) >= 11 is 0. The first-order valence-corrected chi connectivity index (χ1v) is 10.9. The zero-order chi connectivity index (χ0) is 24.3. The van der Waals surface area contributed by atoms with Crippen LogP contribution in [0.4, 0.5) is 18.9 Å². The van der Waals surface area contributed by atoms with Crippen LogP contribution in [0.1, 0.15) is 26.3 Å². The molecule has 0 bridgehead atoms. The number of carbonyl (C=O) groups excluding carboxylic acids is 2. The van der Waals surface area contributed by atoms with Crippen molar-refractivity contribution in [3.63, 3.8) is 0 Å². The fourth-order valence-electron chi connectivity index (χ4n) is 4.57. The Morgan fingerprint density at radius 2 is 1.11 bits per heavy atom. The van der Waals surface area contributed by atoms with Gasteiger partial charge in [-0.2, -0.15) is 13.2 Å². The van der Waals surface area contributed by atoms with E-state index in [1.807, 2.05) is 30.3 Å². The maximum Gasteiger partial charge on any atom is 0.416 e. The molecule has 6 heteroatoms. The second-order valence-corrected chi connectivity index (χ2v) is 8.51. The minimum Gasteiger partial charge on any atom is -0.268 e. The minimum atomic E-state index is -4.50. The van der Waals surface area contributed by atoms with Gasteiger partial charge in [0.25, 0.3) is 11.8 Å². The Morgan fingerprint density at radius 3 is 1.80 bits per heavy atom. The summed E-state index contributed by atoms with van der Waals surface area (Å²) in [5, 5.41) is 4.42. The number of hydrogen-bond acceptors (Lipinski definition) is 2. The van der Waals surface area contributed by atoms with Gasteiger partial charge in [-0.3, -0.25) is 9.59 Å². The van der Waals surface area contributed by atoms with Crippen LogP contribution in [0.25, 0.3) is 32.7 Å². The van der Waals surface area contributed by atoms with E-state index in [0.717, 1.165) is 61.8 Å². The summed E-state index contributed by atoms with van der Waals surface area (Å²) < 4.78 is 38.7. The monoisotopic (exact) mass is 467 g/mol. The first-order chi connectivity index (χ1) is 16.8. The Bertz CT molecular complexity index is 1670. The summed E-state index contributed by atoms with van der Waals surface area (Å²) in [6.45, 7) is 0. The van der Waals surface area contributed by atoms with E-state index >= 15 is 0 Å². The summed E-state index contributed by atoms with van der Waals surface area (Å²) in [6.07, 6.45) is -4.50. The van der Waals surface area contributed by atoms with E-state index in [2.05, 4.69) is 24.3 Å². The number of anilines is 1. The average molecular weight is 467 g/mol. The molecular formula is C29H16F3NO2. The van der Waals surface area contributed by atoms with Crippen molar-refractivity contribution in [2.75, 3.05) is 4.90 Å². The number of fused-ring (bicyclic) bond motifs is 3. The van der Waals surface area contributed by atoms with Gasteiger partial charge in [0.1, 0.15) is 0 Å². The van der Waals surface area contributed by atoms with Crippen LogP contribution < -0.4 is 4.90 Å². The van der Waals surface area contributed by atoms with Gasteiger partial charge in [-0.1, -0.05) is 42.5 Å². The predicted molar refractivity (Wildman–Crippen MR) is 129 cm³/mol. The van der Waals surface area contributed by atoms with E-state index < -0.39 is 23.6 Å². The van der Waals surface area contributed by atoms with E-state index in [-0.39, 0.29) is 16.8 Å². The highest BCUT2D eigenvalue weighted by Gasteiger charge is 2.37. The maximum atomic E-state index is 13.1. The third-order valence-electron chi connectivity index (χ3n) is 6.38. The van der Waals surface area contributed by atoms with E-state index in [0.29, 0.717) is 0 Å². The molecule has 5 aromatic carbocycles. The summed E-state index contributed by atoms with van der Waals surface area (Å²) in [4.78, 5) is 27.0. The molecule has 1 heterocycles. The lowest BCUT2D eigenvalue weighted by atomic mass is 9.96. The molecule has 0 fully saturated rings. The number of rotatable bonds is 2. The van der Waals surface area contributed by atoms with Gasteiger partial charge in [-0.05, 0) is 87.3 Å². The van der Waals surface area contributed by atoms with Gasteiger partial charge in [0.2, 0.25) is 0 Å². The Kier molecular flexibility index (Phi) is 4.54. The average Bonchev–Trinajstić information content (AvgIpc) is 3.11. The quantitative estimate of drug-likeness (QED) is 0.199. The van der Waals surface area contributed by atoms with E-state index in [1.54, 1.807) is 18.2 Å². The minimum absolute atomic E-state index is 0.100. The summed E-state index contributed by atoms with van der Waals surface area (Å²) in [5.41, 5.74) is 1.38. The molecule has 170 valence electrons. The van der Waals surface area contributed by atoms with E-state index in [1.165, 1.54) is 0 Å². The summed E-state index contributed by atoms with van der Waals surface area (Å²) in [5.74, 6) is -1.11. The van der Waals surface area contributed by atoms with Gasteiger partial charge < -0.3 is 0 Å². The molecule has 0 radical (unpaired) electrons. The number of halogens is 3. The number of imide groups is 1. The third kappa shape index (κ3) is 3.46. The maximum absolute atomic E-state index is 13.1. The molecule has 6 rings (SSSR count). The Balaban J connectivity index is 1.37. The molecule has 1 aliphatic rings. The van der Waals surface area contributed by atoms with Gasteiger partial charge in [-0.15, -0.1) is 0 Å². The van der Waals surface area contributed by atoms with Crippen molar-refractivity contribution in [3.8, 4) is 11.1 Å². The Labute approximate surface area is 198 Å². The molecule has 0 saturated carbocycles. The first-order valence-electron chi connectivity index (χ1n) is 10.9. The highest BCUT2D eigenvalue weighted by Crippen LogP contribution is 2.35. The number of amides is 2. The lowest BCUT2D eigenvalue weighted by molar-refractivity contribution is -0.137. The lowest BCUT2D eigenvalue weighted by Crippen LogP contribution is -2.29. The number of hydrogen-bond donors (Lipinski definition) is 0. The van der Waals surface area contributed by atoms with Crippen molar-refractivity contribution in [1.82, 2.24) is 0 Å². The third-order valence-corrected chi connectivity index (χ3v) is 6.38. The van der Waals surface area contributed by atoms with Crippen LogP contribution in [0.3, 0.4) is 0 Å². The van der Waals surface area contributed by atoms with Crippen LogP contribution in [-0.4, -0.2) is 11.8 Å². The molecule has 3 nitrogen and oxygen atoms in total. The standard InChI is InChI=1S/C29H16F3NO2/c30-29(31,32)23-8-10-24(11-9-23)33-27(34)25-12-7-21(16-26(25)28(33)35)19-5-6-20-13-17-3-1-2-4-18(17)14-22(20)15-19/h1-16H. The van der Waals surface area contributed by atoms with Crippen LogP contribution in [-0.2, 0) is 6.18 Å². The van der Waals surface area contributed by atoms with Crippen molar-refractivity contribution < 1.29 is 22.8 Å². The normalized spacial score (nSPS) is 13.6. The highest BCUT2D eigenvalue weighted by molar-refractivity contribution is 6.34. The van der Waals surface area contributed by atoms with Gasteiger partial charge in [0.05, 0.1) is 22.4 Å². The predicted octanol–water partition coefficient (Wildman–Crippen LogP) is 7.48. The zero-order valence-electron chi connectivity index (χ0n) is 18.1. The fourth-order valence-corrected chi connectivity index (χ4v) is 4.57. The van der Waals surface area contributed by atoms with Crippen molar-refractivity contribution in [2.24, 2.45) is 0 Å². The number of alkyl halides is 3. The second kappa shape index (κ2) is 7.53. The van der Waals surface area contributed by atoms with Gasteiger partial charge in [0.15, 0.2) is 0 Å². The van der Waals surface area contributed by atoms with E-state index in [4.69, 9.17) is 0 Å².